The van der Waals surface area contributed by atoms with Crippen LogP contribution in [0.5, 0.6) is 0 Å². The molecule has 0 saturated heterocycles. The number of benzene rings is 1. The molecule has 1 aromatic carbocycles. The topological polar surface area (TPSA) is 88.8 Å². The molecular formula is C23H30FN5S. The zero-order chi connectivity index (χ0) is 22.0. The maximum absolute atomic E-state index is 13.3. The lowest BCUT2D eigenvalue weighted by Gasteiger charge is -2.38. The van der Waals surface area contributed by atoms with Crippen LogP contribution < -0.4 is 16.2 Å². The van der Waals surface area contributed by atoms with Crippen LogP contribution in [0.25, 0.3) is 0 Å². The molecule has 1 aliphatic rings. The quantitative estimate of drug-likeness (QED) is 0.235. The van der Waals surface area contributed by atoms with Crippen molar-refractivity contribution in [3.63, 3.8) is 0 Å². The Balaban J connectivity index is 2.54. The number of rotatable bonds is 9. The van der Waals surface area contributed by atoms with Crippen molar-refractivity contribution in [3.8, 4) is 0 Å². The van der Waals surface area contributed by atoms with E-state index in [-0.39, 0.29) is 11.2 Å². The minimum Gasteiger partial charge on any atom is -0.404 e. The number of nitrogens with zero attached hydrogens (tertiary/aromatic N) is 2. The third-order valence-electron chi connectivity index (χ3n) is 5.12. The van der Waals surface area contributed by atoms with Crippen molar-refractivity contribution in [1.82, 2.24) is 4.72 Å². The Morgan fingerprint density at radius 2 is 2.07 bits per heavy atom. The molecule has 7 heteroatoms. The molecule has 0 aromatic heterocycles. The molecule has 0 bridgehead atoms. The first-order valence-corrected chi connectivity index (χ1v) is 10.9. The van der Waals surface area contributed by atoms with Gasteiger partial charge in [0.1, 0.15) is 5.82 Å². The summed E-state index contributed by atoms with van der Waals surface area (Å²) in [4.78, 5) is 8.84. The third-order valence-corrected chi connectivity index (χ3v) is 5.62. The second-order valence-electron chi connectivity index (χ2n) is 7.03. The summed E-state index contributed by atoms with van der Waals surface area (Å²) in [6, 6.07) is 6.11. The maximum atomic E-state index is 13.3. The molecule has 5 nitrogen and oxygen atoms in total. The Morgan fingerprint density at radius 3 is 2.63 bits per heavy atom. The maximum Gasteiger partial charge on any atom is 0.123 e. The predicted molar refractivity (Wildman–Crippen MR) is 129 cm³/mol. The molecule has 5 N–H and O–H groups in total. The lowest BCUT2D eigenvalue weighted by molar-refractivity contribution is 0.440. The van der Waals surface area contributed by atoms with Crippen molar-refractivity contribution in [1.29, 1.82) is 0 Å². The smallest absolute Gasteiger partial charge is 0.123 e. The van der Waals surface area contributed by atoms with Gasteiger partial charge in [0.15, 0.2) is 0 Å². The Bertz CT molecular complexity index is 883. The highest BCUT2D eigenvalue weighted by Gasteiger charge is 2.37. The molecule has 0 radical (unpaired) electrons. The number of allylic oxidation sites excluding steroid dienone is 4. The summed E-state index contributed by atoms with van der Waals surface area (Å²) in [7, 11) is 1.72. The van der Waals surface area contributed by atoms with Gasteiger partial charge in [-0.1, -0.05) is 23.6 Å². The Kier molecular flexibility index (Phi) is 9.08. The van der Waals surface area contributed by atoms with Gasteiger partial charge in [-0.15, -0.1) is 6.58 Å². The van der Waals surface area contributed by atoms with E-state index in [4.69, 9.17) is 16.5 Å². The van der Waals surface area contributed by atoms with Gasteiger partial charge < -0.3 is 11.5 Å². The minimum absolute atomic E-state index is 0.291. The van der Waals surface area contributed by atoms with Crippen molar-refractivity contribution in [2.24, 2.45) is 26.9 Å². The molecule has 0 spiro atoms. The first-order chi connectivity index (χ1) is 14.5. The van der Waals surface area contributed by atoms with E-state index in [2.05, 4.69) is 22.4 Å². The van der Waals surface area contributed by atoms with Crippen LogP contribution in [0.2, 0.25) is 0 Å². The van der Waals surface area contributed by atoms with Gasteiger partial charge in [-0.3, -0.25) is 9.71 Å². The number of hydrogen-bond donors (Lipinski definition) is 3. The standard InChI is InChI=1S/C23H30FN5S/c1-4-23(12-17(14-25)16-27-2)13-18(15-26)22(11-19(23)9-10-28-30-3)29-21-7-5-20(24)6-8-21/h4-8,11,14-16,28H,1,9-10,12-13,25-26H2,2-3H3. The van der Waals surface area contributed by atoms with Gasteiger partial charge >= 0.3 is 0 Å². The van der Waals surface area contributed by atoms with Crippen molar-refractivity contribution in [3.05, 3.63) is 77.9 Å². The van der Waals surface area contributed by atoms with E-state index < -0.39 is 0 Å². The molecule has 0 amide bonds. The summed E-state index contributed by atoms with van der Waals surface area (Å²) in [5.74, 6) is -0.291. The normalized spacial score (nSPS) is 22.6. The zero-order valence-electron chi connectivity index (χ0n) is 17.6. The Hall–Kier alpha value is -2.64. The molecule has 1 unspecified atom stereocenters. The zero-order valence-corrected chi connectivity index (χ0v) is 18.4. The predicted octanol–water partition coefficient (Wildman–Crippen LogP) is 4.43. The monoisotopic (exact) mass is 427 g/mol. The van der Waals surface area contributed by atoms with Crippen molar-refractivity contribution >= 4 is 29.6 Å². The fraction of sp³-hybridized carbons (Fsp3) is 0.304. The first kappa shape index (κ1) is 23.6. The highest BCUT2D eigenvalue weighted by Crippen LogP contribution is 2.46. The molecule has 1 atom stereocenters. The number of nitrogens with two attached hydrogens (primary N) is 2. The number of hydrogen-bond acceptors (Lipinski definition) is 6. The van der Waals surface area contributed by atoms with Crippen molar-refractivity contribution in [2.75, 3.05) is 19.8 Å². The molecule has 1 aromatic rings. The summed E-state index contributed by atoms with van der Waals surface area (Å²) in [5.41, 5.74) is 16.0. The van der Waals surface area contributed by atoms with Gasteiger partial charge in [0.2, 0.25) is 0 Å². The van der Waals surface area contributed by atoms with Crippen LogP contribution in [0, 0.1) is 11.2 Å². The van der Waals surface area contributed by atoms with Crippen LogP contribution in [0.3, 0.4) is 0 Å². The van der Waals surface area contributed by atoms with E-state index in [1.165, 1.54) is 17.7 Å². The second kappa shape index (κ2) is 11.5. The summed E-state index contributed by atoms with van der Waals surface area (Å²) < 4.78 is 16.6. The fourth-order valence-electron chi connectivity index (χ4n) is 3.59. The molecule has 0 fully saturated rings. The SMILES string of the molecule is C=CC1(CC(C=NC)=CN)CC(=CN)C(=Nc2ccc(F)cc2)C=C1CCNSC. The van der Waals surface area contributed by atoms with Gasteiger partial charge in [0.05, 0.1) is 11.4 Å². The second-order valence-corrected chi connectivity index (χ2v) is 7.72. The lowest BCUT2D eigenvalue weighted by Crippen LogP contribution is -2.31. The molecular weight excluding hydrogens is 397 g/mol. The molecule has 2 rings (SSSR count). The summed E-state index contributed by atoms with van der Waals surface area (Å²) in [5, 5.41) is 0. The largest absolute Gasteiger partial charge is 0.404 e. The van der Waals surface area contributed by atoms with E-state index in [9.17, 15) is 4.39 Å². The van der Waals surface area contributed by atoms with Gasteiger partial charge in [0, 0.05) is 25.2 Å². The molecule has 1 aliphatic carbocycles. The minimum atomic E-state index is -0.348. The van der Waals surface area contributed by atoms with Gasteiger partial charge in [-0.25, -0.2) is 9.38 Å². The first-order valence-electron chi connectivity index (χ1n) is 9.70. The molecule has 30 heavy (non-hydrogen) atoms. The van der Waals surface area contributed by atoms with Crippen molar-refractivity contribution < 1.29 is 4.39 Å². The Labute approximate surface area is 182 Å². The van der Waals surface area contributed by atoms with Crippen molar-refractivity contribution in [2.45, 2.75) is 19.3 Å². The molecule has 0 heterocycles. The highest BCUT2D eigenvalue weighted by molar-refractivity contribution is 7.96. The van der Waals surface area contributed by atoms with Crippen LogP contribution in [-0.2, 0) is 0 Å². The lowest BCUT2D eigenvalue weighted by atomic mass is 9.66. The van der Waals surface area contributed by atoms with E-state index in [0.29, 0.717) is 18.5 Å². The molecule has 160 valence electrons. The van der Waals surface area contributed by atoms with Crippen LogP contribution in [0.4, 0.5) is 10.1 Å². The van der Waals surface area contributed by atoms with Crippen LogP contribution in [0.15, 0.2) is 82.1 Å². The molecule has 0 saturated carbocycles. The van der Waals surface area contributed by atoms with Gasteiger partial charge in [0.25, 0.3) is 0 Å². The average molecular weight is 428 g/mol. The van der Waals surface area contributed by atoms with E-state index >= 15 is 0 Å². The van der Waals surface area contributed by atoms with E-state index in [1.807, 2.05) is 12.3 Å². The van der Waals surface area contributed by atoms with Crippen LogP contribution >= 0.6 is 11.9 Å². The van der Waals surface area contributed by atoms with E-state index in [1.54, 1.807) is 49.7 Å². The number of aliphatic imine (C=N–C) groups is 2. The van der Waals surface area contributed by atoms with E-state index in [0.717, 1.165) is 29.8 Å². The van der Waals surface area contributed by atoms with Crippen LogP contribution in [-0.4, -0.2) is 31.8 Å². The number of nitrogens with one attached hydrogen (secondary N) is 1. The van der Waals surface area contributed by atoms with Crippen LogP contribution in [0.1, 0.15) is 19.3 Å². The van der Waals surface area contributed by atoms with Gasteiger partial charge in [-0.2, -0.15) is 0 Å². The van der Waals surface area contributed by atoms with Gasteiger partial charge in [-0.05, 0) is 79.4 Å². The summed E-state index contributed by atoms with van der Waals surface area (Å²) in [6.07, 6.45) is 13.1. The molecule has 0 aliphatic heterocycles. The fourth-order valence-corrected chi connectivity index (χ4v) is 3.89. The third kappa shape index (κ3) is 5.93. The summed E-state index contributed by atoms with van der Waals surface area (Å²) in [6.45, 7) is 4.94. The highest BCUT2D eigenvalue weighted by atomic mass is 32.2. The number of halogens is 1. The average Bonchev–Trinajstić information content (AvgIpc) is 2.76. The summed E-state index contributed by atoms with van der Waals surface area (Å²) >= 11 is 1.58. The Morgan fingerprint density at radius 1 is 1.33 bits per heavy atom.